The first-order valence-electron chi connectivity index (χ1n) is 5.78. The van der Waals surface area contributed by atoms with Crippen molar-refractivity contribution in [3.63, 3.8) is 0 Å². The summed E-state index contributed by atoms with van der Waals surface area (Å²) in [5.74, 6) is -0.477. The largest absolute Gasteiger partial charge is 0.506 e. The van der Waals surface area contributed by atoms with Crippen molar-refractivity contribution in [1.29, 1.82) is 5.26 Å². The molecule has 0 saturated carbocycles. The lowest BCUT2D eigenvalue weighted by molar-refractivity contribution is 0.477. The molecule has 5 nitrogen and oxygen atoms in total. The van der Waals surface area contributed by atoms with Crippen molar-refractivity contribution in [1.82, 2.24) is 0 Å². The van der Waals surface area contributed by atoms with Crippen LogP contribution in [0.1, 0.15) is 11.1 Å². The molecule has 0 radical (unpaired) electrons. The number of nitrogens with zero attached hydrogens (tertiary/aromatic N) is 1. The molecule has 0 aliphatic carbocycles. The second kappa shape index (κ2) is 5.63. The minimum Gasteiger partial charge on any atom is -0.506 e. The van der Waals surface area contributed by atoms with E-state index >= 15 is 0 Å². The number of hydrogen-bond donors (Lipinski definition) is 2. The van der Waals surface area contributed by atoms with Gasteiger partial charge in [0.2, 0.25) is 10.0 Å². The predicted molar refractivity (Wildman–Crippen MR) is 75.5 cm³/mol. The molecule has 0 atom stereocenters. The lowest BCUT2D eigenvalue weighted by Crippen LogP contribution is -2.15. The first kappa shape index (κ1) is 13.9. The number of nitrogens with one attached hydrogen (secondary N) is 1. The summed E-state index contributed by atoms with van der Waals surface area (Å²) >= 11 is 0. The van der Waals surface area contributed by atoms with Gasteiger partial charge in [0, 0.05) is 0 Å². The van der Waals surface area contributed by atoms with Crippen LogP contribution in [0.4, 0.5) is 5.69 Å². The normalized spacial score (nSPS) is 10.8. The molecule has 0 aromatic heterocycles. The highest BCUT2D eigenvalue weighted by atomic mass is 32.2. The first-order chi connectivity index (χ1) is 9.52. The molecule has 0 saturated heterocycles. The number of nitriles is 1. The smallest absolute Gasteiger partial charge is 0.237 e. The summed E-state index contributed by atoms with van der Waals surface area (Å²) in [6.45, 7) is 0. The molecule has 0 heterocycles. The van der Waals surface area contributed by atoms with E-state index in [1.807, 2.05) is 6.07 Å². The van der Waals surface area contributed by atoms with Crippen molar-refractivity contribution in [2.24, 2.45) is 0 Å². The van der Waals surface area contributed by atoms with Crippen LogP contribution in [0, 0.1) is 11.3 Å². The van der Waals surface area contributed by atoms with E-state index in [2.05, 4.69) is 4.72 Å². The molecule has 2 aromatic carbocycles. The third-order valence-corrected chi connectivity index (χ3v) is 3.87. The highest BCUT2D eigenvalue weighted by Crippen LogP contribution is 2.24. The zero-order valence-corrected chi connectivity index (χ0v) is 11.3. The van der Waals surface area contributed by atoms with E-state index in [0.717, 1.165) is 0 Å². The van der Waals surface area contributed by atoms with Crippen LogP contribution in [-0.4, -0.2) is 13.5 Å². The fraction of sp³-hybridized carbons (Fsp3) is 0.0714. The van der Waals surface area contributed by atoms with Gasteiger partial charge in [-0.25, -0.2) is 8.42 Å². The van der Waals surface area contributed by atoms with Gasteiger partial charge in [0.15, 0.2) is 0 Å². The van der Waals surface area contributed by atoms with E-state index in [1.165, 1.54) is 12.1 Å². The molecule has 102 valence electrons. The average Bonchev–Trinajstić information content (AvgIpc) is 2.41. The first-order valence-corrected chi connectivity index (χ1v) is 7.43. The summed E-state index contributed by atoms with van der Waals surface area (Å²) in [6.07, 6.45) is 0. The fourth-order valence-electron chi connectivity index (χ4n) is 1.72. The van der Waals surface area contributed by atoms with Crippen molar-refractivity contribution in [2.45, 2.75) is 5.75 Å². The Kier molecular flexibility index (Phi) is 3.91. The van der Waals surface area contributed by atoms with Gasteiger partial charge in [-0.15, -0.1) is 0 Å². The third-order valence-electron chi connectivity index (χ3n) is 2.65. The standard InChI is InChI=1S/C14H12N2O3S/c15-9-11-5-1-2-6-12(11)10-20(18,19)16-13-7-3-4-8-14(13)17/h1-8,16-17H,10H2. The molecular weight excluding hydrogens is 276 g/mol. The quantitative estimate of drug-likeness (QED) is 0.844. The molecule has 0 aliphatic heterocycles. The number of para-hydroxylation sites is 2. The molecule has 0 aliphatic rings. The summed E-state index contributed by atoms with van der Waals surface area (Å²) in [6, 6.07) is 14.5. The van der Waals surface area contributed by atoms with Gasteiger partial charge in [0.1, 0.15) is 5.75 Å². The number of benzene rings is 2. The van der Waals surface area contributed by atoms with Gasteiger partial charge in [-0.05, 0) is 23.8 Å². The number of phenols is 1. The molecule has 0 unspecified atom stereocenters. The SMILES string of the molecule is N#Cc1ccccc1CS(=O)(=O)Nc1ccccc1O. The van der Waals surface area contributed by atoms with Crippen LogP contribution in [-0.2, 0) is 15.8 Å². The number of anilines is 1. The maximum absolute atomic E-state index is 12.1. The maximum Gasteiger partial charge on any atom is 0.237 e. The van der Waals surface area contributed by atoms with Gasteiger partial charge < -0.3 is 5.11 Å². The highest BCUT2D eigenvalue weighted by Gasteiger charge is 2.15. The molecule has 0 spiro atoms. The molecular formula is C14H12N2O3S. The lowest BCUT2D eigenvalue weighted by Gasteiger charge is -2.10. The summed E-state index contributed by atoms with van der Waals surface area (Å²) in [5, 5.41) is 18.5. The summed E-state index contributed by atoms with van der Waals surface area (Å²) < 4.78 is 26.4. The predicted octanol–water partition coefficient (Wildman–Crippen LogP) is 2.21. The van der Waals surface area contributed by atoms with Crippen LogP contribution < -0.4 is 4.72 Å². The summed E-state index contributed by atoms with van der Waals surface area (Å²) in [7, 11) is -3.70. The lowest BCUT2D eigenvalue weighted by atomic mass is 10.1. The number of sulfonamides is 1. The Labute approximate surface area is 117 Å². The molecule has 6 heteroatoms. The number of rotatable bonds is 4. The average molecular weight is 288 g/mol. The van der Waals surface area contributed by atoms with Gasteiger partial charge in [-0.3, -0.25) is 4.72 Å². The van der Waals surface area contributed by atoms with Gasteiger partial charge >= 0.3 is 0 Å². The Morgan fingerprint density at radius 1 is 1.10 bits per heavy atom. The van der Waals surface area contributed by atoms with Crippen LogP contribution in [0.5, 0.6) is 5.75 Å². The van der Waals surface area contributed by atoms with Crippen LogP contribution in [0.25, 0.3) is 0 Å². The van der Waals surface area contributed by atoms with Crippen molar-refractivity contribution < 1.29 is 13.5 Å². The van der Waals surface area contributed by atoms with Crippen molar-refractivity contribution in [3.05, 3.63) is 59.7 Å². The Morgan fingerprint density at radius 3 is 2.45 bits per heavy atom. The monoisotopic (exact) mass is 288 g/mol. The summed E-state index contributed by atoms with van der Waals surface area (Å²) in [4.78, 5) is 0. The molecule has 2 N–H and O–H groups in total. The van der Waals surface area contributed by atoms with Crippen molar-refractivity contribution in [2.75, 3.05) is 4.72 Å². The molecule has 2 aromatic rings. The van der Waals surface area contributed by atoms with Crippen molar-refractivity contribution in [3.8, 4) is 11.8 Å². The fourth-order valence-corrected chi connectivity index (χ4v) is 2.96. The minimum absolute atomic E-state index is 0.113. The highest BCUT2D eigenvalue weighted by molar-refractivity contribution is 7.91. The molecule has 0 amide bonds. The van der Waals surface area contributed by atoms with Crippen molar-refractivity contribution >= 4 is 15.7 Å². The van der Waals surface area contributed by atoms with Gasteiger partial charge in [-0.2, -0.15) is 5.26 Å². The second-order valence-corrected chi connectivity index (χ2v) is 5.87. The van der Waals surface area contributed by atoms with Gasteiger partial charge in [-0.1, -0.05) is 30.3 Å². The van der Waals surface area contributed by atoms with Crippen LogP contribution in [0.3, 0.4) is 0 Å². The van der Waals surface area contributed by atoms with E-state index in [9.17, 15) is 13.5 Å². The van der Waals surface area contributed by atoms with Crippen LogP contribution in [0.15, 0.2) is 48.5 Å². The Morgan fingerprint density at radius 2 is 1.75 bits per heavy atom. The zero-order valence-electron chi connectivity index (χ0n) is 10.4. The Hall–Kier alpha value is -2.52. The maximum atomic E-state index is 12.1. The molecule has 0 fully saturated rings. The van der Waals surface area contributed by atoms with Gasteiger partial charge in [0.25, 0.3) is 0 Å². The molecule has 20 heavy (non-hydrogen) atoms. The number of aromatic hydroxyl groups is 1. The molecule has 0 bridgehead atoms. The van der Waals surface area contributed by atoms with Crippen LogP contribution in [0.2, 0.25) is 0 Å². The number of phenolic OH excluding ortho intramolecular Hbond substituents is 1. The van der Waals surface area contributed by atoms with Crippen LogP contribution >= 0.6 is 0 Å². The van der Waals surface area contributed by atoms with E-state index in [0.29, 0.717) is 11.1 Å². The number of hydrogen-bond acceptors (Lipinski definition) is 4. The second-order valence-electron chi connectivity index (χ2n) is 4.15. The summed E-state index contributed by atoms with van der Waals surface area (Å²) in [5.41, 5.74) is 0.843. The van der Waals surface area contributed by atoms with Gasteiger partial charge in [0.05, 0.1) is 23.1 Å². The zero-order chi connectivity index (χ0) is 14.6. The Bertz CT molecular complexity index is 764. The van der Waals surface area contributed by atoms with E-state index in [-0.39, 0.29) is 17.2 Å². The topological polar surface area (TPSA) is 90.2 Å². The van der Waals surface area contributed by atoms with E-state index in [1.54, 1.807) is 36.4 Å². The van der Waals surface area contributed by atoms with E-state index in [4.69, 9.17) is 5.26 Å². The third kappa shape index (κ3) is 3.28. The molecule has 2 rings (SSSR count). The minimum atomic E-state index is -3.70. The Balaban J connectivity index is 2.25. The van der Waals surface area contributed by atoms with E-state index < -0.39 is 10.0 Å².